The van der Waals surface area contributed by atoms with Gasteiger partial charge >= 0.3 is 0 Å². The quantitative estimate of drug-likeness (QED) is 0.525. The van der Waals surface area contributed by atoms with Crippen molar-refractivity contribution in [2.45, 2.75) is 50.3 Å². The summed E-state index contributed by atoms with van der Waals surface area (Å²) in [6.07, 6.45) is -3.72. The molecule has 0 aliphatic carbocycles. The second-order valence-electron chi connectivity index (χ2n) is 4.36. The van der Waals surface area contributed by atoms with Crippen molar-refractivity contribution >= 4 is 0 Å². The van der Waals surface area contributed by atoms with Crippen LogP contribution in [0.1, 0.15) is 13.8 Å². The standard InChI is InChI=1S/C9H17NO5/c1-9(2)14-7-5(12)6(4(11)3-10)13-8(7)15-9/h4-8,11-12H,3,10H2,1-2H3/t4?,5-,6?,7?,8-/m1/s1. The molecule has 3 unspecified atom stereocenters. The second kappa shape index (κ2) is 3.65. The maximum absolute atomic E-state index is 9.85. The van der Waals surface area contributed by atoms with Crippen LogP contribution < -0.4 is 5.73 Å². The summed E-state index contributed by atoms with van der Waals surface area (Å²) in [4.78, 5) is 0. The highest BCUT2D eigenvalue weighted by Gasteiger charge is 2.55. The number of ether oxygens (including phenoxy) is 3. The van der Waals surface area contributed by atoms with Crippen LogP contribution in [0, 0.1) is 0 Å². The van der Waals surface area contributed by atoms with E-state index in [2.05, 4.69) is 0 Å². The topological polar surface area (TPSA) is 94.2 Å². The van der Waals surface area contributed by atoms with Crippen molar-refractivity contribution < 1.29 is 24.4 Å². The molecule has 6 heteroatoms. The molecule has 4 N–H and O–H groups in total. The number of hydrogen-bond donors (Lipinski definition) is 3. The molecule has 2 heterocycles. The summed E-state index contributed by atoms with van der Waals surface area (Å²) < 4.78 is 16.2. The zero-order valence-electron chi connectivity index (χ0n) is 8.79. The third kappa shape index (κ3) is 1.89. The summed E-state index contributed by atoms with van der Waals surface area (Å²) >= 11 is 0. The highest BCUT2D eigenvalue weighted by molar-refractivity contribution is 4.95. The Labute approximate surface area is 87.9 Å². The third-order valence-electron chi connectivity index (χ3n) is 2.67. The molecule has 15 heavy (non-hydrogen) atoms. The molecular weight excluding hydrogens is 202 g/mol. The SMILES string of the molecule is CC1(C)OC2[C@H](OC(C(O)CN)[C@H]2O)O1. The van der Waals surface area contributed by atoms with Gasteiger partial charge in [-0.2, -0.15) is 0 Å². The lowest BCUT2D eigenvalue weighted by Gasteiger charge is -2.25. The third-order valence-corrected chi connectivity index (χ3v) is 2.67. The molecule has 0 aromatic carbocycles. The van der Waals surface area contributed by atoms with Gasteiger partial charge in [-0.15, -0.1) is 0 Å². The second-order valence-corrected chi connectivity index (χ2v) is 4.36. The molecular formula is C9H17NO5. The van der Waals surface area contributed by atoms with Crippen LogP contribution in [0.5, 0.6) is 0 Å². The van der Waals surface area contributed by atoms with Gasteiger partial charge < -0.3 is 30.2 Å². The summed E-state index contributed by atoms with van der Waals surface area (Å²) in [7, 11) is 0. The molecule has 88 valence electrons. The predicted molar refractivity (Wildman–Crippen MR) is 49.8 cm³/mol. The van der Waals surface area contributed by atoms with Crippen LogP contribution in [0.25, 0.3) is 0 Å². The van der Waals surface area contributed by atoms with Crippen LogP contribution in [0.3, 0.4) is 0 Å². The van der Waals surface area contributed by atoms with E-state index in [1.165, 1.54) is 0 Å². The molecule has 2 aliphatic rings. The molecule has 0 spiro atoms. The van der Waals surface area contributed by atoms with Crippen LogP contribution in [-0.4, -0.2) is 53.3 Å². The van der Waals surface area contributed by atoms with E-state index in [0.29, 0.717) is 0 Å². The summed E-state index contributed by atoms with van der Waals surface area (Å²) in [6.45, 7) is 3.52. The van der Waals surface area contributed by atoms with Crippen molar-refractivity contribution in [3.05, 3.63) is 0 Å². The van der Waals surface area contributed by atoms with E-state index in [9.17, 15) is 10.2 Å². The fourth-order valence-electron chi connectivity index (χ4n) is 1.97. The van der Waals surface area contributed by atoms with Gasteiger partial charge in [-0.3, -0.25) is 0 Å². The Morgan fingerprint density at radius 1 is 1.40 bits per heavy atom. The molecule has 6 nitrogen and oxygen atoms in total. The van der Waals surface area contributed by atoms with Gasteiger partial charge in [0, 0.05) is 6.54 Å². The summed E-state index contributed by atoms with van der Waals surface area (Å²) in [5.41, 5.74) is 5.29. The highest BCUT2D eigenvalue weighted by atomic mass is 16.8. The fourth-order valence-corrected chi connectivity index (χ4v) is 1.97. The molecule has 2 saturated heterocycles. The molecule has 2 rings (SSSR count). The molecule has 2 fully saturated rings. The number of hydrogen-bond acceptors (Lipinski definition) is 6. The minimum atomic E-state index is -0.907. The molecule has 0 radical (unpaired) electrons. The van der Waals surface area contributed by atoms with Gasteiger partial charge in [0.15, 0.2) is 12.1 Å². The van der Waals surface area contributed by atoms with E-state index < -0.39 is 36.5 Å². The van der Waals surface area contributed by atoms with Crippen LogP contribution in [-0.2, 0) is 14.2 Å². The van der Waals surface area contributed by atoms with Crippen molar-refractivity contribution in [2.24, 2.45) is 5.73 Å². The van der Waals surface area contributed by atoms with E-state index >= 15 is 0 Å². The zero-order valence-corrected chi connectivity index (χ0v) is 8.79. The number of rotatable bonds is 2. The maximum atomic E-state index is 9.85. The molecule has 0 aromatic heterocycles. The Balaban J connectivity index is 2.05. The van der Waals surface area contributed by atoms with E-state index in [1.807, 2.05) is 0 Å². The number of nitrogens with two attached hydrogens (primary N) is 1. The Hall–Kier alpha value is -0.240. The van der Waals surface area contributed by atoms with Gasteiger partial charge in [-0.1, -0.05) is 0 Å². The molecule has 2 aliphatic heterocycles. The van der Waals surface area contributed by atoms with Crippen LogP contribution >= 0.6 is 0 Å². The number of fused-ring (bicyclic) bond motifs is 1. The van der Waals surface area contributed by atoms with E-state index in [4.69, 9.17) is 19.9 Å². The lowest BCUT2D eigenvalue weighted by Crippen LogP contribution is -2.43. The van der Waals surface area contributed by atoms with Gasteiger partial charge in [-0.05, 0) is 13.8 Å². The van der Waals surface area contributed by atoms with E-state index in [0.717, 1.165) is 0 Å². The van der Waals surface area contributed by atoms with Crippen LogP contribution in [0.2, 0.25) is 0 Å². The predicted octanol–water partition coefficient (Wildman–Crippen LogP) is -1.46. The highest BCUT2D eigenvalue weighted by Crippen LogP contribution is 2.37. The molecule has 0 amide bonds. The Kier molecular flexibility index (Phi) is 2.74. The van der Waals surface area contributed by atoms with E-state index in [1.54, 1.807) is 13.8 Å². The van der Waals surface area contributed by atoms with E-state index in [-0.39, 0.29) is 6.54 Å². The van der Waals surface area contributed by atoms with Crippen LogP contribution in [0.4, 0.5) is 0 Å². The number of aliphatic hydroxyl groups is 2. The van der Waals surface area contributed by atoms with Crippen molar-refractivity contribution in [1.29, 1.82) is 0 Å². The first kappa shape index (κ1) is 11.3. The van der Waals surface area contributed by atoms with Gasteiger partial charge in [-0.25, -0.2) is 0 Å². The minimum absolute atomic E-state index is 0.0323. The van der Waals surface area contributed by atoms with Gasteiger partial charge in [0.25, 0.3) is 0 Å². The molecule has 0 bridgehead atoms. The average molecular weight is 219 g/mol. The van der Waals surface area contributed by atoms with Gasteiger partial charge in [0.2, 0.25) is 0 Å². The zero-order chi connectivity index (χ0) is 11.2. The summed E-state index contributed by atoms with van der Waals surface area (Å²) in [6, 6.07) is 0. The Morgan fingerprint density at radius 2 is 2.07 bits per heavy atom. The molecule has 0 saturated carbocycles. The lowest BCUT2D eigenvalue weighted by molar-refractivity contribution is -0.225. The first-order valence-electron chi connectivity index (χ1n) is 5.02. The van der Waals surface area contributed by atoms with Crippen molar-refractivity contribution in [1.82, 2.24) is 0 Å². The maximum Gasteiger partial charge on any atom is 0.190 e. The van der Waals surface area contributed by atoms with Crippen LogP contribution in [0.15, 0.2) is 0 Å². The largest absolute Gasteiger partial charge is 0.389 e. The Morgan fingerprint density at radius 3 is 2.60 bits per heavy atom. The van der Waals surface area contributed by atoms with Gasteiger partial charge in [0.1, 0.15) is 18.3 Å². The molecule has 0 aromatic rings. The Bertz CT molecular complexity index is 247. The average Bonchev–Trinajstić information content (AvgIpc) is 2.60. The summed E-state index contributed by atoms with van der Waals surface area (Å²) in [5.74, 6) is -0.755. The first-order chi connectivity index (χ1) is 6.94. The van der Waals surface area contributed by atoms with Gasteiger partial charge in [0.05, 0.1) is 6.10 Å². The first-order valence-corrected chi connectivity index (χ1v) is 5.02. The smallest absolute Gasteiger partial charge is 0.190 e. The summed E-state index contributed by atoms with van der Waals surface area (Å²) in [5, 5.41) is 19.3. The minimum Gasteiger partial charge on any atom is -0.389 e. The van der Waals surface area contributed by atoms with Crippen molar-refractivity contribution in [2.75, 3.05) is 6.54 Å². The monoisotopic (exact) mass is 219 g/mol. The number of aliphatic hydroxyl groups excluding tert-OH is 2. The fraction of sp³-hybridized carbons (Fsp3) is 1.00. The lowest BCUT2D eigenvalue weighted by atomic mass is 10.1. The van der Waals surface area contributed by atoms with Crippen molar-refractivity contribution in [3.8, 4) is 0 Å². The molecule has 5 atom stereocenters. The van der Waals surface area contributed by atoms with Crippen molar-refractivity contribution in [3.63, 3.8) is 0 Å². The normalized spacial score (nSPS) is 45.4.